The maximum absolute atomic E-state index is 12.4. The second kappa shape index (κ2) is 7.69. The number of aromatic nitrogens is 3. The molecule has 162 valence electrons. The standard InChI is InChI=1S/C26H27N5O/c32-25(21-5-4-8-27-15-21)29-28-16-22-17-31(23-6-2-1-3-7-23)30-24(22)26-12-18-9-19(13-26)11-20(10-18)14-26/h1-8,15-20H,9-14H2,(H,29,32)/b28-16-. The lowest BCUT2D eigenvalue weighted by Gasteiger charge is -2.56. The Morgan fingerprint density at radius 3 is 2.41 bits per heavy atom. The van der Waals surface area contributed by atoms with Gasteiger partial charge in [0.2, 0.25) is 0 Å². The van der Waals surface area contributed by atoms with Gasteiger partial charge in [-0.15, -0.1) is 0 Å². The molecule has 0 saturated heterocycles. The third-order valence-electron chi connectivity index (χ3n) is 7.60. The van der Waals surface area contributed by atoms with Crippen molar-refractivity contribution in [3.63, 3.8) is 0 Å². The molecule has 4 fully saturated rings. The summed E-state index contributed by atoms with van der Waals surface area (Å²) in [5, 5.41) is 9.44. The highest BCUT2D eigenvalue weighted by Crippen LogP contribution is 2.60. The van der Waals surface area contributed by atoms with E-state index in [1.165, 1.54) is 38.5 Å². The zero-order chi connectivity index (χ0) is 21.5. The molecule has 0 spiro atoms. The number of carbonyl (C=O) groups is 1. The molecule has 1 aromatic carbocycles. The van der Waals surface area contributed by atoms with Gasteiger partial charge in [0, 0.05) is 29.6 Å². The lowest BCUT2D eigenvalue weighted by molar-refractivity contribution is -0.00739. The largest absolute Gasteiger partial charge is 0.272 e. The van der Waals surface area contributed by atoms with E-state index < -0.39 is 0 Å². The van der Waals surface area contributed by atoms with Crippen molar-refractivity contribution in [2.45, 2.75) is 43.9 Å². The van der Waals surface area contributed by atoms with Crippen LogP contribution in [0.4, 0.5) is 0 Å². The van der Waals surface area contributed by atoms with Gasteiger partial charge in [0.15, 0.2) is 0 Å². The Balaban J connectivity index is 1.34. The van der Waals surface area contributed by atoms with Crippen LogP contribution in [0, 0.1) is 17.8 Å². The molecule has 6 nitrogen and oxygen atoms in total. The van der Waals surface area contributed by atoms with Crippen LogP contribution in [0.25, 0.3) is 5.69 Å². The molecule has 2 heterocycles. The molecule has 4 aliphatic carbocycles. The molecule has 3 aromatic rings. The van der Waals surface area contributed by atoms with Crippen molar-refractivity contribution in [1.29, 1.82) is 0 Å². The fraction of sp³-hybridized carbons (Fsp3) is 0.385. The maximum atomic E-state index is 12.4. The lowest BCUT2D eigenvalue weighted by Crippen LogP contribution is -2.49. The first-order valence-electron chi connectivity index (χ1n) is 11.6. The van der Waals surface area contributed by atoms with Gasteiger partial charge in [-0.3, -0.25) is 9.78 Å². The van der Waals surface area contributed by atoms with Crippen molar-refractivity contribution in [3.8, 4) is 5.69 Å². The van der Waals surface area contributed by atoms with E-state index >= 15 is 0 Å². The Labute approximate surface area is 187 Å². The van der Waals surface area contributed by atoms with Crippen LogP contribution in [0.2, 0.25) is 0 Å². The van der Waals surface area contributed by atoms with Gasteiger partial charge in [0.05, 0.1) is 23.2 Å². The van der Waals surface area contributed by atoms with Crippen LogP contribution in [0.1, 0.15) is 60.1 Å². The summed E-state index contributed by atoms with van der Waals surface area (Å²) in [7, 11) is 0. The number of pyridine rings is 1. The number of benzene rings is 1. The van der Waals surface area contributed by atoms with Crippen LogP contribution in [-0.4, -0.2) is 26.9 Å². The topological polar surface area (TPSA) is 72.2 Å². The van der Waals surface area contributed by atoms with Gasteiger partial charge in [-0.25, -0.2) is 10.1 Å². The van der Waals surface area contributed by atoms with E-state index in [-0.39, 0.29) is 11.3 Å². The average Bonchev–Trinajstić information content (AvgIpc) is 3.24. The molecule has 0 radical (unpaired) electrons. The summed E-state index contributed by atoms with van der Waals surface area (Å²) in [6, 6.07) is 13.7. The minimum atomic E-state index is -0.263. The van der Waals surface area contributed by atoms with Crippen molar-refractivity contribution in [1.82, 2.24) is 20.2 Å². The second-order valence-electron chi connectivity index (χ2n) is 9.85. The van der Waals surface area contributed by atoms with E-state index in [0.29, 0.717) is 5.56 Å². The van der Waals surface area contributed by atoms with Gasteiger partial charge in [-0.2, -0.15) is 10.2 Å². The van der Waals surface area contributed by atoms with E-state index in [4.69, 9.17) is 5.10 Å². The van der Waals surface area contributed by atoms with Crippen LogP contribution < -0.4 is 5.43 Å². The Bertz CT molecular complexity index is 1120. The molecule has 1 N–H and O–H groups in total. The zero-order valence-electron chi connectivity index (χ0n) is 18.0. The predicted octanol–water partition coefficient (Wildman–Crippen LogP) is 4.50. The number of hydrogen-bond acceptors (Lipinski definition) is 4. The Kier molecular flexibility index (Phi) is 4.67. The number of nitrogens with one attached hydrogen (secondary N) is 1. The van der Waals surface area contributed by atoms with Crippen LogP contribution in [0.3, 0.4) is 0 Å². The molecular weight excluding hydrogens is 398 g/mol. The molecular formula is C26H27N5O. The molecule has 0 unspecified atom stereocenters. The van der Waals surface area contributed by atoms with Gasteiger partial charge in [-0.05, 0) is 80.5 Å². The third-order valence-corrected chi connectivity index (χ3v) is 7.60. The van der Waals surface area contributed by atoms with Crippen molar-refractivity contribution < 1.29 is 4.79 Å². The van der Waals surface area contributed by atoms with Crippen molar-refractivity contribution in [3.05, 3.63) is 77.9 Å². The SMILES string of the molecule is O=C(N/N=C\c1cn(-c2ccccc2)nc1C12CC3CC(CC(C3)C1)C2)c1cccnc1. The van der Waals surface area contributed by atoms with Gasteiger partial charge in [0.25, 0.3) is 5.91 Å². The predicted molar refractivity (Wildman–Crippen MR) is 123 cm³/mol. The number of nitrogens with zero attached hydrogens (tertiary/aromatic N) is 4. The van der Waals surface area contributed by atoms with E-state index in [1.54, 1.807) is 30.7 Å². The quantitative estimate of drug-likeness (QED) is 0.483. The highest BCUT2D eigenvalue weighted by atomic mass is 16.2. The second-order valence-corrected chi connectivity index (χ2v) is 9.85. The van der Waals surface area contributed by atoms with E-state index in [2.05, 4.69) is 33.8 Å². The summed E-state index contributed by atoms with van der Waals surface area (Å²) in [6.07, 6.45) is 14.9. The number of para-hydroxylation sites is 1. The van der Waals surface area contributed by atoms with Gasteiger partial charge in [-0.1, -0.05) is 18.2 Å². The highest BCUT2D eigenvalue weighted by molar-refractivity contribution is 5.94. The van der Waals surface area contributed by atoms with E-state index in [0.717, 1.165) is 34.7 Å². The van der Waals surface area contributed by atoms with E-state index in [9.17, 15) is 4.79 Å². The fourth-order valence-corrected chi connectivity index (χ4v) is 6.73. The number of hydrogen-bond donors (Lipinski definition) is 1. The Morgan fingerprint density at radius 1 is 1.03 bits per heavy atom. The van der Waals surface area contributed by atoms with Crippen LogP contribution in [0.15, 0.2) is 66.2 Å². The summed E-state index contributed by atoms with van der Waals surface area (Å²) >= 11 is 0. The molecule has 32 heavy (non-hydrogen) atoms. The lowest BCUT2D eigenvalue weighted by atomic mass is 9.48. The summed E-state index contributed by atoms with van der Waals surface area (Å²) in [6.45, 7) is 0. The van der Waals surface area contributed by atoms with Crippen molar-refractivity contribution in [2.75, 3.05) is 0 Å². The summed E-state index contributed by atoms with van der Waals surface area (Å²) < 4.78 is 1.97. The number of rotatable bonds is 5. The fourth-order valence-electron chi connectivity index (χ4n) is 6.73. The molecule has 6 heteroatoms. The van der Waals surface area contributed by atoms with Gasteiger partial charge in [0.1, 0.15) is 0 Å². The van der Waals surface area contributed by atoms with Crippen molar-refractivity contribution in [2.24, 2.45) is 22.9 Å². The molecule has 0 aliphatic heterocycles. The first-order valence-corrected chi connectivity index (χ1v) is 11.6. The maximum Gasteiger partial charge on any atom is 0.272 e. The van der Waals surface area contributed by atoms with Gasteiger partial charge < -0.3 is 0 Å². The monoisotopic (exact) mass is 425 g/mol. The smallest absolute Gasteiger partial charge is 0.267 e. The average molecular weight is 426 g/mol. The van der Waals surface area contributed by atoms with Crippen LogP contribution >= 0.6 is 0 Å². The minimum Gasteiger partial charge on any atom is -0.267 e. The molecule has 7 rings (SSSR count). The van der Waals surface area contributed by atoms with E-state index in [1.807, 2.05) is 22.9 Å². The zero-order valence-corrected chi connectivity index (χ0v) is 18.0. The Hall–Kier alpha value is -3.28. The molecule has 4 aliphatic rings. The highest BCUT2D eigenvalue weighted by Gasteiger charge is 2.53. The summed E-state index contributed by atoms with van der Waals surface area (Å²) in [5.74, 6) is 2.23. The summed E-state index contributed by atoms with van der Waals surface area (Å²) in [4.78, 5) is 16.4. The molecule has 1 amide bonds. The van der Waals surface area contributed by atoms with Crippen LogP contribution in [0.5, 0.6) is 0 Å². The van der Waals surface area contributed by atoms with Crippen LogP contribution in [-0.2, 0) is 5.41 Å². The first kappa shape index (κ1) is 19.4. The number of hydrazone groups is 1. The Morgan fingerprint density at radius 2 is 1.75 bits per heavy atom. The minimum absolute atomic E-state index is 0.142. The van der Waals surface area contributed by atoms with Gasteiger partial charge >= 0.3 is 0 Å². The summed E-state index contributed by atoms with van der Waals surface area (Å²) in [5.41, 5.74) is 6.48. The molecule has 0 atom stereocenters. The number of carbonyl (C=O) groups excluding carboxylic acids is 1. The molecule has 4 bridgehead atoms. The molecule has 4 saturated carbocycles. The number of amides is 1. The third kappa shape index (κ3) is 3.44. The molecule has 2 aromatic heterocycles. The first-order chi connectivity index (χ1) is 15.7. The normalized spacial score (nSPS) is 28.3. The van der Waals surface area contributed by atoms with Crippen molar-refractivity contribution >= 4 is 12.1 Å².